The molecule has 0 bridgehead atoms. The topological polar surface area (TPSA) is 128 Å². The number of nitrogens with two attached hydrogens (primary N) is 1. The molecule has 0 radical (unpaired) electrons. The molecular formula is C19H30N3O5P. The quantitative estimate of drug-likeness (QED) is 0.561. The Morgan fingerprint density at radius 3 is 2.18 bits per heavy atom. The largest absolute Gasteiger partial charge is 0.436 e. The monoisotopic (exact) mass is 411 g/mol. The Morgan fingerprint density at radius 2 is 1.71 bits per heavy atom. The van der Waals surface area contributed by atoms with E-state index in [0.717, 1.165) is 10.9 Å². The van der Waals surface area contributed by atoms with Crippen molar-refractivity contribution in [1.82, 2.24) is 10.6 Å². The van der Waals surface area contributed by atoms with E-state index in [-0.39, 0.29) is 19.4 Å². The second-order valence-electron chi connectivity index (χ2n) is 8.01. The van der Waals surface area contributed by atoms with Crippen LogP contribution in [0.3, 0.4) is 0 Å². The molecule has 0 saturated heterocycles. The molecule has 1 aromatic rings. The van der Waals surface area contributed by atoms with Gasteiger partial charge in [0.2, 0.25) is 5.91 Å². The van der Waals surface area contributed by atoms with E-state index < -0.39 is 36.7 Å². The highest BCUT2D eigenvalue weighted by molar-refractivity contribution is 7.70. The van der Waals surface area contributed by atoms with Gasteiger partial charge in [0.15, 0.2) is 6.10 Å². The summed E-state index contributed by atoms with van der Waals surface area (Å²) >= 11 is 0. The normalized spacial score (nSPS) is 12.8. The maximum Gasteiger partial charge on any atom is 0.408 e. The van der Waals surface area contributed by atoms with Crippen LogP contribution < -0.4 is 21.7 Å². The molecule has 1 aromatic carbocycles. The summed E-state index contributed by atoms with van der Waals surface area (Å²) in [6, 6.07) is 7.09. The number of rotatable bonds is 8. The molecule has 4 N–H and O–H groups in total. The molecule has 0 aromatic heterocycles. The number of primary amides is 1. The van der Waals surface area contributed by atoms with Crippen LogP contribution in [0.5, 0.6) is 0 Å². The summed E-state index contributed by atoms with van der Waals surface area (Å²) in [6.07, 6.45) is -1.98. The molecule has 28 heavy (non-hydrogen) atoms. The van der Waals surface area contributed by atoms with Crippen molar-refractivity contribution in [2.75, 3.05) is 13.3 Å². The van der Waals surface area contributed by atoms with Crippen molar-refractivity contribution in [3.63, 3.8) is 0 Å². The van der Waals surface area contributed by atoms with Gasteiger partial charge in [-0.1, -0.05) is 24.3 Å². The SMILES string of the molecule is CC(C)(C)NC(=O)O[C@@H](CCC(N)=O)C(=O)NCc1ccc(P(C)(C)=O)cc1. The lowest BCUT2D eigenvalue weighted by atomic mass is 10.1. The third-order valence-corrected chi connectivity index (χ3v) is 5.24. The zero-order valence-corrected chi connectivity index (χ0v) is 18.0. The highest BCUT2D eigenvalue weighted by atomic mass is 31.2. The van der Waals surface area contributed by atoms with E-state index in [0.29, 0.717) is 0 Å². The van der Waals surface area contributed by atoms with Crippen molar-refractivity contribution >= 4 is 30.4 Å². The fraction of sp³-hybridized carbons (Fsp3) is 0.526. The first-order valence-corrected chi connectivity index (χ1v) is 11.6. The van der Waals surface area contributed by atoms with Crippen LogP contribution >= 0.6 is 7.14 Å². The summed E-state index contributed by atoms with van der Waals surface area (Å²) in [4.78, 5) is 35.5. The summed E-state index contributed by atoms with van der Waals surface area (Å²) in [5, 5.41) is 6.04. The average Bonchev–Trinajstić information content (AvgIpc) is 2.54. The molecular weight excluding hydrogens is 381 g/mol. The molecule has 1 rings (SSSR count). The average molecular weight is 411 g/mol. The molecule has 3 amide bonds. The van der Waals surface area contributed by atoms with Gasteiger partial charge >= 0.3 is 6.09 Å². The summed E-state index contributed by atoms with van der Waals surface area (Å²) in [5.74, 6) is -1.11. The smallest absolute Gasteiger partial charge is 0.408 e. The van der Waals surface area contributed by atoms with Crippen LogP contribution in [0.1, 0.15) is 39.2 Å². The van der Waals surface area contributed by atoms with Crippen LogP contribution in [0.4, 0.5) is 4.79 Å². The molecule has 9 heteroatoms. The van der Waals surface area contributed by atoms with Gasteiger partial charge in [-0.2, -0.15) is 0 Å². The van der Waals surface area contributed by atoms with Crippen LogP contribution in [-0.4, -0.2) is 42.9 Å². The van der Waals surface area contributed by atoms with Crippen molar-refractivity contribution < 1.29 is 23.7 Å². The van der Waals surface area contributed by atoms with Crippen LogP contribution in [0.2, 0.25) is 0 Å². The molecule has 0 saturated carbocycles. The molecule has 0 aliphatic heterocycles. The second-order valence-corrected chi connectivity index (χ2v) is 11.2. The van der Waals surface area contributed by atoms with Gasteiger partial charge in [0, 0.05) is 30.2 Å². The predicted molar refractivity (Wildman–Crippen MR) is 109 cm³/mol. The van der Waals surface area contributed by atoms with E-state index in [2.05, 4.69) is 10.6 Å². The van der Waals surface area contributed by atoms with Gasteiger partial charge in [0.1, 0.15) is 7.14 Å². The Kier molecular flexibility index (Phi) is 8.24. The fourth-order valence-corrected chi connectivity index (χ4v) is 3.12. The van der Waals surface area contributed by atoms with Crippen LogP contribution in [-0.2, 0) is 25.4 Å². The lowest BCUT2D eigenvalue weighted by molar-refractivity contribution is -0.130. The van der Waals surface area contributed by atoms with E-state index in [1.54, 1.807) is 58.4 Å². The van der Waals surface area contributed by atoms with Gasteiger partial charge in [0.05, 0.1) is 0 Å². The zero-order chi connectivity index (χ0) is 21.5. The molecule has 0 aliphatic rings. The number of ether oxygens (including phenoxy) is 1. The first kappa shape index (κ1) is 23.7. The minimum atomic E-state index is -2.34. The van der Waals surface area contributed by atoms with Crippen molar-refractivity contribution in [2.45, 2.75) is 51.8 Å². The molecule has 0 fully saturated rings. The summed E-state index contributed by atoms with van der Waals surface area (Å²) in [6.45, 7) is 8.92. The number of carbonyl (C=O) groups excluding carboxylic acids is 3. The number of nitrogens with one attached hydrogen (secondary N) is 2. The van der Waals surface area contributed by atoms with E-state index in [9.17, 15) is 18.9 Å². The molecule has 156 valence electrons. The van der Waals surface area contributed by atoms with Crippen molar-refractivity contribution in [3.05, 3.63) is 29.8 Å². The summed E-state index contributed by atoms with van der Waals surface area (Å²) in [5.41, 5.74) is 5.42. The van der Waals surface area contributed by atoms with Gasteiger partial charge in [-0.25, -0.2) is 4.79 Å². The van der Waals surface area contributed by atoms with Crippen molar-refractivity contribution in [3.8, 4) is 0 Å². The summed E-state index contributed by atoms with van der Waals surface area (Å²) in [7, 11) is -2.34. The standard InChI is InChI=1S/C19H30N3O5P/c1-19(2,3)22-18(25)27-15(10-11-16(20)23)17(24)21-12-13-6-8-14(9-7-13)28(4,5)26/h6-9,15H,10-12H2,1-5H3,(H2,20,23)(H,21,24)(H,22,25)/t15-/m0/s1. The Balaban J connectivity index is 2.73. The molecule has 8 nitrogen and oxygen atoms in total. The van der Waals surface area contributed by atoms with Crippen LogP contribution in [0.15, 0.2) is 24.3 Å². The van der Waals surface area contributed by atoms with Gasteiger partial charge in [-0.15, -0.1) is 0 Å². The van der Waals surface area contributed by atoms with Gasteiger partial charge < -0.3 is 25.7 Å². The van der Waals surface area contributed by atoms with Gasteiger partial charge in [-0.05, 0) is 39.7 Å². The first-order valence-electron chi connectivity index (χ1n) is 8.97. The van der Waals surface area contributed by atoms with Gasteiger partial charge in [-0.3, -0.25) is 9.59 Å². The Hall–Kier alpha value is -2.34. The molecule has 0 aliphatic carbocycles. The Morgan fingerprint density at radius 1 is 1.14 bits per heavy atom. The number of hydrogen-bond donors (Lipinski definition) is 3. The maximum absolute atomic E-state index is 12.4. The van der Waals surface area contributed by atoms with Crippen LogP contribution in [0.25, 0.3) is 0 Å². The van der Waals surface area contributed by atoms with E-state index in [1.165, 1.54) is 0 Å². The number of amides is 3. The highest BCUT2D eigenvalue weighted by Crippen LogP contribution is 2.34. The molecule has 0 spiro atoms. The zero-order valence-electron chi connectivity index (χ0n) is 17.1. The number of alkyl carbamates (subject to hydrolysis) is 1. The lowest BCUT2D eigenvalue weighted by Gasteiger charge is -2.23. The van der Waals surface area contributed by atoms with Crippen LogP contribution in [0, 0.1) is 0 Å². The van der Waals surface area contributed by atoms with E-state index >= 15 is 0 Å². The minimum absolute atomic E-state index is 0.00742. The molecule has 0 unspecified atom stereocenters. The second kappa shape index (κ2) is 9.73. The number of hydrogen-bond acceptors (Lipinski definition) is 5. The minimum Gasteiger partial charge on any atom is -0.436 e. The van der Waals surface area contributed by atoms with Crippen molar-refractivity contribution in [1.29, 1.82) is 0 Å². The first-order chi connectivity index (χ1) is 12.8. The summed E-state index contributed by atoms with van der Waals surface area (Å²) < 4.78 is 17.2. The Labute approximate surface area is 166 Å². The Bertz CT molecular complexity index is 750. The highest BCUT2D eigenvalue weighted by Gasteiger charge is 2.25. The van der Waals surface area contributed by atoms with Gasteiger partial charge in [0.25, 0.3) is 5.91 Å². The number of benzene rings is 1. The molecule has 0 heterocycles. The fourth-order valence-electron chi connectivity index (χ4n) is 2.26. The van der Waals surface area contributed by atoms with E-state index in [4.69, 9.17) is 10.5 Å². The van der Waals surface area contributed by atoms with E-state index in [1.807, 2.05) is 0 Å². The predicted octanol–water partition coefficient (Wildman–Crippen LogP) is 1.71. The third-order valence-electron chi connectivity index (χ3n) is 3.70. The maximum atomic E-state index is 12.4. The van der Waals surface area contributed by atoms with Crippen molar-refractivity contribution in [2.24, 2.45) is 5.73 Å². The lowest BCUT2D eigenvalue weighted by Crippen LogP contribution is -2.45. The number of carbonyl (C=O) groups is 3. The third kappa shape index (κ3) is 9.04. The molecule has 1 atom stereocenters.